The molecule has 0 radical (unpaired) electrons. The third-order valence-electron chi connectivity index (χ3n) is 5.95. The maximum Gasteiger partial charge on any atom is 0.327 e. The van der Waals surface area contributed by atoms with Crippen LogP contribution < -0.4 is 0 Å². The van der Waals surface area contributed by atoms with E-state index in [-0.39, 0.29) is 19.6 Å². The molecule has 0 aromatic rings. The van der Waals surface area contributed by atoms with E-state index in [2.05, 4.69) is 12.5 Å². The summed E-state index contributed by atoms with van der Waals surface area (Å²) in [6.45, 7) is 7.43. The predicted molar refractivity (Wildman–Crippen MR) is 128 cm³/mol. The van der Waals surface area contributed by atoms with E-state index in [1.165, 1.54) is 18.2 Å². The van der Waals surface area contributed by atoms with Gasteiger partial charge in [-0.25, -0.2) is 0 Å². The fourth-order valence-corrected chi connectivity index (χ4v) is 4.26. The first kappa shape index (κ1) is 31.4. The van der Waals surface area contributed by atoms with Gasteiger partial charge < -0.3 is 28.4 Å². The SMILES string of the molecule is C#CCC(C(=O)OC)(C(=O)OC)[C@@H]1C=C[C@H](C(CC=C)(C(=O)OCC)C(=O)OCC)[C@@H](COC(C)=O)O1. The highest BCUT2D eigenvalue weighted by Gasteiger charge is 2.61. The fourth-order valence-electron chi connectivity index (χ4n) is 4.26. The summed E-state index contributed by atoms with van der Waals surface area (Å²) in [5.41, 5.74) is -4.10. The Bertz CT molecular complexity index is 909. The van der Waals surface area contributed by atoms with Crippen molar-refractivity contribution in [3.05, 3.63) is 24.8 Å². The number of methoxy groups -OCH3 is 2. The third kappa shape index (κ3) is 6.38. The number of esters is 5. The van der Waals surface area contributed by atoms with Gasteiger partial charge in [-0.05, 0) is 20.3 Å². The number of carbonyl (C=O) groups is 5. The second kappa shape index (κ2) is 14.2. The van der Waals surface area contributed by atoms with Crippen LogP contribution in [-0.4, -0.2) is 76.1 Å². The summed E-state index contributed by atoms with van der Waals surface area (Å²) >= 11 is 0. The van der Waals surface area contributed by atoms with Gasteiger partial charge in [0, 0.05) is 19.3 Å². The van der Waals surface area contributed by atoms with Crippen LogP contribution in [0.5, 0.6) is 0 Å². The van der Waals surface area contributed by atoms with Gasteiger partial charge in [-0.15, -0.1) is 18.9 Å². The summed E-state index contributed by atoms with van der Waals surface area (Å²) in [7, 11) is 2.14. The second-order valence-electron chi connectivity index (χ2n) is 8.05. The zero-order valence-corrected chi connectivity index (χ0v) is 21.8. The van der Waals surface area contributed by atoms with Crippen molar-refractivity contribution < 1.29 is 52.4 Å². The molecule has 37 heavy (non-hydrogen) atoms. The number of rotatable bonds is 13. The fraction of sp³-hybridized carbons (Fsp3) is 0.577. The Morgan fingerprint density at radius 3 is 1.89 bits per heavy atom. The van der Waals surface area contributed by atoms with Crippen LogP contribution in [0, 0.1) is 29.1 Å². The molecule has 0 spiro atoms. The summed E-state index contributed by atoms with van der Waals surface area (Å²) in [4.78, 5) is 64.0. The van der Waals surface area contributed by atoms with Crippen LogP contribution in [-0.2, 0) is 52.4 Å². The Labute approximate surface area is 216 Å². The van der Waals surface area contributed by atoms with Crippen molar-refractivity contribution in [1.82, 2.24) is 0 Å². The molecule has 0 N–H and O–H groups in total. The maximum atomic E-state index is 13.3. The smallest absolute Gasteiger partial charge is 0.327 e. The first-order valence-corrected chi connectivity index (χ1v) is 11.6. The normalized spacial score (nSPS) is 19.1. The van der Waals surface area contributed by atoms with Gasteiger partial charge in [0.15, 0.2) is 5.41 Å². The summed E-state index contributed by atoms with van der Waals surface area (Å²) in [5.74, 6) is -3.40. The van der Waals surface area contributed by atoms with Crippen LogP contribution in [0.3, 0.4) is 0 Å². The molecule has 11 heteroatoms. The molecule has 1 rings (SSSR count). The van der Waals surface area contributed by atoms with Crippen LogP contribution >= 0.6 is 0 Å². The van der Waals surface area contributed by atoms with Crippen LogP contribution in [0.15, 0.2) is 24.8 Å². The minimum absolute atomic E-state index is 0.0401. The quantitative estimate of drug-likeness (QED) is 0.114. The molecule has 0 bridgehead atoms. The molecular formula is C26H34O11. The van der Waals surface area contributed by atoms with Crippen LogP contribution in [0.25, 0.3) is 0 Å². The summed E-state index contributed by atoms with van der Waals surface area (Å²) < 4.78 is 31.5. The van der Waals surface area contributed by atoms with Gasteiger partial charge in [-0.3, -0.25) is 24.0 Å². The standard InChI is InChI=1S/C26H34O11/c1-8-14-25(23(30)34-10-3,24(31)35-11-4)18-12-13-20(37-19(18)16-36-17(5)27)26(15-9-2,21(28)32-6)22(29)33-7/h2,8,12-13,18-20H,1,10-11,14-16H2,3-7H3/t18-,19+,20-/m0/s1. The van der Waals surface area contributed by atoms with Gasteiger partial charge in [0.1, 0.15) is 18.8 Å². The highest BCUT2D eigenvalue weighted by molar-refractivity contribution is 6.02. The zero-order valence-electron chi connectivity index (χ0n) is 21.8. The third-order valence-corrected chi connectivity index (χ3v) is 5.95. The van der Waals surface area contributed by atoms with Crippen molar-refractivity contribution >= 4 is 29.8 Å². The van der Waals surface area contributed by atoms with E-state index in [0.717, 1.165) is 21.1 Å². The molecule has 0 saturated heterocycles. The highest BCUT2D eigenvalue weighted by atomic mass is 16.6. The molecule has 0 fully saturated rings. The van der Waals surface area contributed by atoms with E-state index in [4.69, 9.17) is 34.8 Å². The number of carbonyl (C=O) groups excluding carboxylic acids is 5. The van der Waals surface area contributed by atoms with E-state index in [1.54, 1.807) is 13.8 Å². The lowest BCUT2D eigenvalue weighted by molar-refractivity contribution is -0.197. The monoisotopic (exact) mass is 522 g/mol. The van der Waals surface area contributed by atoms with E-state index < -0.39 is 71.8 Å². The molecule has 1 aliphatic rings. The molecule has 11 nitrogen and oxygen atoms in total. The molecule has 0 aliphatic carbocycles. The van der Waals surface area contributed by atoms with Gasteiger partial charge in [0.05, 0.1) is 27.4 Å². The molecule has 0 unspecified atom stereocenters. The Hall–Kier alpha value is -3.65. The maximum absolute atomic E-state index is 13.3. The van der Waals surface area contributed by atoms with Crippen molar-refractivity contribution in [2.75, 3.05) is 34.0 Å². The lowest BCUT2D eigenvalue weighted by Gasteiger charge is -2.44. The Kier molecular flexibility index (Phi) is 12.0. The van der Waals surface area contributed by atoms with E-state index in [1.807, 2.05) is 0 Å². The zero-order chi connectivity index (χ0) is 28.2. The molecular weight excluding hydrogens is 488 g/mol. The number of hydrogen-bond donors (Lipinski definition) is 0. The molecule has 1 aliphatic heterocycles. The number of hydrogen-bond acceptors (Lipinski definition) is 11. The predicted octanol–water partition coefficient (Wildman–Crippen LogP) is 1.53. The van der Waals surface area contributed by atoms with Crippen LogP contribution in [0.2, 0.25) is 0 Å². The van der Waals surface area contributed by atoms with Crippen molar-refractivity contribution in [3.63, 3.8) is 0 Å². The highest BCUT2D eigenvalue weighted by Crippen LogP contribution is 2.45. The van der Waals surface area contributed by atoms with E-state index in [0.29, 0.717) is 0 Å². The lowest BCUT2D eigenvalue weighted by Crippen LogP contribution is -2.58. The lowest BCUT2D eigenvalue weighted by atomic mass is 9.67. The van der Waals surface area contributed by atoms with Gasteiger partial charge >= 0.3 is 29.8 Å². The van der Waals surface area contributed by atoms with Crippen molar-refractivity contribution in [1.29, 1.82) is 0 Å². The summed E-state index contributed by atoms with van der Waals surface area (Å²) in [6.07, 6.45) is 6.27. The van der Waals surface area contributed by atoms with Crippen molar-refractivity contribution in [2.24, 2.45) is 16.7 Å². The van der Waals surface area contributed by atoms with Crippen LogP contribution in [0.1, 0.15) is 33.6 Å². The number of allylic oxidation sites excluding steroid dienone is 1. The van der Waals surface area contributed by atoms with Crippen molar-refractivity contribution in [3.8, 4) is 12.3 Å². The Morgan fingerprint density at radius 2 is 1.49 bits per heavy atom. The molecule has 0 aromatic heterocycles. The first-order valence-electron chi connectivity index (χ1n) is 11.6. The first-order chi connectivity index (χ1) is 17.6. The molecule has 0 aromatic carbocycles. The molecule has 204 valence electrons. The molecule has 0 saturated carbocycles. The molecule has 3 atom stereocenters. The van der Waals surface area contributed by atoms with Gasteiger partial charge in [0.25, 0.3) is 0 Å². The minimum Gasteiger partial charge on any atom is -0.468 e. The Morgan fingerprint density at radius 1 is 0.946 bits per heavy atom. The van der Waals surface area contributed by atoms with Gasteiger partial charge in [-0.2, -0.15) is 0 Å². The Balaban J connectivity index is 3.87. The molecule has 1 heterocycles. The average Bonchev–Trinajstić information content (AvgIpc) is 2.88. The minimum atomic E-state index is -2.12. The topological polar surface area (TPSA) is 141 Å². The van der Waals surface area contributed by atoms with Gasteiger partial charge in [-0.1, -0.05) is 18.2 Å². The average molecular weight is 523 g/mol. The van der Waals surface area contributed by atoms with Crippen LogP contribution in [0.4, 0.5) is 0 Å². The molecule has 0 amide bonds. The summed E-state index contributed by atoms with van der Waals surface area (Å²) in [6, 6.07) is 0. The largest absolute Gasteiger partial charge is 0.468 e. The van der Waals surface area contributed by atoms with E-state index in [9.17, 15) is 24.0 Å². The number of ether oxygens (including phenoxy) is 6. The summed E-state index contributed by atoms with van der Waals surface area (Å²) in [5, 5.41) is 0. The van der Waals surface area contributed by atoms with Gasteiger partial charge in [0.2, 0.25) is 5.41 Å². The number of terminal acetylenes is 1. The second-order valence-corrected chi connectivity index (χ2v) is 8.05. The van der Waals surface area contributed by atoms with Crippen molar-refractivity contribution in [2.45, 2.75) is 45.8 Å². The van der Waals surface area contributed by atoms with E-state index >= 15 is 0 Å².